The lowest BCUT2D eigenvalue weighted by atomic mass is 10.0. The van der Waals surface area contributed by atoms with E-state index in [9.17, 15) is 9.59 Å². The van der Waals surface area contributed by atoms with Gasteiger partial charge in [0.1, 0.15) is 11.3 Å². The number of furan rings is 1. The minimum atomic E-state index is -0.424. The number of para-hydroxylation sites is 1. The fraction of sp³-hybridized carbons (Fsp3) is 0.273. The number of fused-ring (bicyclic) bond motifs is 1. The van der Waals surface area contributed by atoms with Gasteiger partial charge in [-0.1, -0.05) is 41.9 Å². The number of halogens is 1. The number of nitrogens with one attached hydrogen (secondary N) is 1. The van der Waals surface area contributed by atoms with Crippen molar-refractivity contribution < 1.29 is 14.0 Å². The summed E-state index contributed by atoms with van der Waals surface area (Å²) in [7, 11) is 1.74. The summed E-state index contributed by atoms with van der Waals surface area (Å²) in [6.07, 6.45) is 0.141. The zero-order valence-electron chi connectivity index (χ0n) is 16.1. The van der Waals surface area contributed by atoms with Crippen LogP contribution in [0, 0.1) is 0 Å². The molecule has 0 saturated heterocycles. The molecule has 3 aromatic rings. The highest BCUT2D eigenvalue weighted by molar-refractivity contribution is 6.30. The molecule has 2 unspecified atom stereocenters. The highest BCUT2D eigenvalue weighted by Crippen LogP contribution is 2.28. The van der Waals surface area contributed by atoms with E-state index in [1.54, 1.807) is 24.1 Å². The van der Waals surface area contributed by atoms with E-state index in [2.05, 4.69) is 5.32 Å². The van der Waals surface area contributed by atoms with Crippen molar-refractivity contribution in [3.05, 3.63) is 70.9 Å². The van der Waals surface area contributed by atoms with Crippen molar-refractivity contribution in [2.45, 2.75) is 32.4 Å². The number of carbonyl (C=O) groups excluding carboxylic acids is 2. The van der Waals surface area contributed by atoms with Gasteiger partial charge in [0.25, 0.3) is 0 Å². The van der Waals surface area contributed by atoms with Crippen LogP contribution in [0.15, 0.2) is 59.0 Å². The molecule has 0 fully saturated rings. The first-order chi connectivity index (χ1) is 13.3. The third-order valence-corrected chi connectivity index (χ3v) is 5.11. The second kappa shape index (κ2) is 8.48. The van der Waals surface area contributed by atoms with E-state index in [0.717, 1.165) is 22.3 Å². The molecule has 0 radical (unpaired) electrons. The summed E-state index contributed by atoms with van der Waals surface area (Å²) in [6, 6.07) is 16.2. The van der Waals surface area contributed by atoms with Gasteiger partial charge in [0.05, 0.1) is 18.5 Å². The molecular formula is C22H23ClN2O3. The van der Waals surface area contributed by atoms with Gasteiger partial charge in [0.2, 0.25) is 11.8 Å². The highest BCUT2D eigenvalue weighted by Gasteiger charge is 2.24. The van der Waals surface area contributed by atoms with Crippen LogP contribution >= 0.6 is 11.6 Å². The van der Waals surface area contributed by atoms with Crippen molar-refractivity contribution in [3.63, 3.8) is 0 Å². The molecule has 0 aliphatic rings. The lowest BCUT2D eigenvalue weighted by molar-refractivity contribution is -0.133. The molecule has 3 rings (SSSR count). The maximum absolute atomic E-state index is 12.9. The summed E-state index contributed by atoms with van der Waals surface area (Å²) in [5, 5.41) is 4.45. The van der Waals surface area contributed by atoms with Crippen LogP contribution in [0.25, 0.3) is 11.0 Å². The van der Waals surface area contributed by atoms with Gasteiger partial charge < -0.3 is 14.6 Å². The first-order valence-corrected chi connectivity index (χ1v) is 9.49. The molecule has 0 aliphatic heterocycles. The van der Waals surface area contributed by atoms with Crippen molar-refractivity contribution in [3.8, 4) is 0 Å². The minimum absolute atomic E-state index is 0.0957. The largest absolute Gasteiger partial charge is 0.459 e. The molecule has 5 nitrogen and oxygen atoms in total. The van der Waals surface area contributed by atoms with E-state index >= 15 is 0 Å². The Bertz CT molecular complexity index is 948. The number of benzene rings is 2. The minimum Gasteiger partial charge on any atom is -0.459 e. The summed E-state index contributed by atoms with van der Waals surface area (Å²) >= 11 is 5.95. The molecule has 1 heterocycles. The average Bonchev–Trinajstić information content (AvgIpc) is 3.10. The van der Waals surface area contributed by atoms with Gasteiger partial charge in [0.15, 0.2) is 0 Å². The Hall–Kier alpha value is -2.79. The van der Waals surface area contributed by atoms with Crippen molar-refractivity contribution in [1.29, 1.82) is 0 Å². The summed E-state index contributed by atoms with van der Waals surface area (Å²) < 4.78 is 5.89. The molecule has 0 bridgehead atoms. The molecule has 0 aliphatic carbocycles. The van der Waals surface area contributed by atoms with Crippen LogP contribution in [-0.2, 0) is 9.59 Å². The Morgan fingerprint density at radius 2 is 1.82 bits per heavy atom. The van der Waals surface area contributed by atoms with Gasteiger partial charge in [-0.2, -0.15) is 0 Å². The number of carbonyl (C=O) groups is 2. The number of amides is 2. The van der Waals surface area contributed by atoms with Crippen molar-refractivity contribution in [2.24, 2.45) is 0 Å². The van der Waals surface area contributed by atoms with Gasteiger partial charge in [-0.25, -0.2) is 0 Å². The number of hydrogen-bond donors (Lipinski definition) is 1. The van der Waals surface area contributed by atoms with Crippen molar-refractivity contribution in [1.82, 2.24) is 10.2 Å². The molecule has 2 aromatic carbocycles. The Morgan fingerprint density at radius 3 is 2.46 bits per heavy atom. The van der Waals surface area contributed by atoms with Crippen LogP contribution in [0.1, 0.15) is 43.7 Å². The molecule has 2 amide bonds. The van der Waals surface area contributed by atoms with E-state index < -0.39 is 6.04 Å². The molecule has 28 heavy (non-hydrogen) atoms. The van der Waals surface area contributed by atoms with Crippen LogP contribution in [0.3, 0.4) is 0 Å². The van der Waals surface area contributed by atoms with Gasteiger partial charge in [-0.3, -0.25) is 9.59 Å². The standard InChI is InChI=1S/C22H23ClN2O3/c1-14(21-12-17-6-4-5-7-20(17)28-21)25(3)22(27)13-19(24-15(2)26)16-8-10-18(23)11-9-16/h4-12,14,19H,13H2,1-3H3,(H,24,26). The summed E-state index contributed by atoms with van der Waals surface area (Å²) in [4.78, 5) is 26.2. The molecule has 2 atom stereocenters. The second-order valence-electron chi connectivity index (χ2n) is 6.88. The lowest BCUT2D eigenvalue weighted by Crippen LogP contribution is -2.35. The van der Waals surface area contributed by atoms with E-state index in [4.69, 9.17) is 16.0 Å². The smallest absolute Gasteiger partial charge is 0.225 e. The Kier molecular flexibility index (Phi) is 6.05. The second-order valence-corrected chi connectivity index (χ2v) is 7.31. The van der Waals surface area contributed by atoms with E-state index in [-0.39, 0.29) is 24.3 Å². The predicted molar refractivity (Wildman–Crippen MR) is 110 cm³/mol. The fourth-order valence-electron chi connectivity index (χ4n) is 3.13. The first-order valence-electron chi connectivity index (χ1n) is 9.12. The Morgan fingerprint density at radius 1 is 1.14 bits per heavy atom. The van der Waals surface area contributed by atoms with Crippen LogP contribution in [-0.4, -0.2) is 23.8 Å². The normalized spacial score (nSPS) is 13.1. The topological polar surface area (TPSA) is 62.6 Å². The molecule has 146 valence electrons. The molecule has 1 N–H and O–H groups in total. The molecular weight excluding hydrogens is 376 g/mol. The monoisotopic (exact) mass is 398 g/mol. The molecule has 6 heteroatoms. The SMILES string of the molecule is CC(=O)NC(CC(=O)N(C)C(C)c1cc2ccccc2o1)c1ccc(Cl)cc1. The zero-order chi connectivity index (χ0) is 20.3. The zero-order valence-corrected chi connectivity index (χ0v) is 16.9. The Labute approximate surface area is 169 Å². The van der Waals surface area contributed by atoms with E-state index in [1.807, 2.05) is 49.4 Å². The highest BCUT2D eigenvalue weighted by atomic mass is 35.5. The molecule has 0 spiro atoms. The summed E-state index contributed by atoms with van der Waals surface area (Å²) in [6.45, 7) is 3.36. The number of hydrogen-bond acceptors (Lipinski definition) is 3. The lowest BCUT2D eigenvalue weighted by Gasteiger charge is -2.26. The van der Waals surface area contributed by atoms with Crippen LogP contribution in [0.2, 0.25) is 5.02 Å². The van der Waals surface area contributed by atoms with Gasteiger partial charge in [-0.15, -0.1) is 0 Å². The molecule has 0 saturated carbocycles. The Balaban J connectivity index is 1.76. The van der Waals surface area contributed by atoms with Gasteiger partial charge in [-0.05, 0) is 36.8 Å². The third-order valence-electron chi connectivity index (χ3n) is 4.86. The quantitative estimate of drug-likeness (QED) is 0.644. The maximum atomic E-state index is 12.9. The number of rotatable bonds is 6. The van der Waals surface area contributed by atoms with Crippen molar-refractivity contribution in [2.75, 3.05) is 7.05 Å². The van der Waals surface area contributed by atoms with E-state index in [1.165, 1.54) is 6.92 Å². The van der Waals surface area contributed by atoms with Crippen molar-refractivity contribution >= 4 is 34.4 Å². The summed E-state index contributed by atoms with van der Waals surface area (Å²) in [5.74, 6) is 0.432. The summed E-state index contributed by atoms with van der Waals surface area (Å²) in [5.41, 5.74) is 1.63. The van der Waals surface area contributed by atoms with Crippen LogP contribution in [0.4, 0.5) is 0 Å². The molecule has 1 aromatic heterocycles. The van der Waals surface area contributed by atoms with Crippen LogP contribution < -0.4 is 5.32 Å². The van der Waals surface area contributed by atoms with Gasteiger partial charge >= 0.3 is 0 Å². The predicted octanol–water partition coefficient (Wildman–Crippen LogP) is 4.87. The third kappa shape index (κ3) is 4.54. The van der Waals surface area contributed by atoms with E-state index in [0.29, 0.717) is 5.02 Å². The average molecular weight is 399 g/mol. The number of nitrogens with zero attached hydrogens (tertiary/aromatic N) is 1. The van der Waals surface area contributed by atoms with Gasteiger partial charge in [0, 0.05) is 24.4 Å². The maximum Gasteiger partial charge on any atom is 0.225 e. The fourth-order valence-corrected chi connectivity index (χ4v) is 3.25. The van der Waals surface area contributed by atoms with Crippen LogP contribution in [0.5, 0.6) is 0 Å². The first kappa shape index (κ1) is 20.0.